The van der Waals surface area contributed by atoms with E-state index in [0.29, 0.717) is 11.3 Å². The molecule has 1 aliphatic rings. The maximum Gasteiger partial charge on any atom is 0.235 e. The number of rotatable bonds is 3. The Hall–Kier alpha value is -1.82. The molecule has 100 valence electrons. The monoisotopic (exact) mass is 277 g/mol. The first-order valence-corrected chi connectivity index (χ1v) is 6.32. The number of nitrogens with zero attached hydrogens (tertiary/aromatic N) is 2. The van der Waals surface area contributed by atoms with Crippen molar-refractivity contribution in [3.05, 3.63) is 29.6 Å². The minimum Gasteiger partial charge on any atom is -0.388 e. The van der Waals surface area contributed by atoms with Crippen LogP contribution < -0.4 is 5.73 Å². The van der Waals surface area contributed by atoms with E-state index >= 15 is 0 Å². The van der Waals surface area contributed by atoms with Crippen LogP contribution in [-0.4, -0.2) is 26.7 Å². The average molecular weight is 277 g/mol. The van der Waals surface area contributed by atoms with E-state index in [0.717, 1.165) is 0 Å². The Kier molecular flexibility index (Phi) is 3.36. The minimum absolute atomic E-state index is 0.161. The highest BCUT2D eigenvalue weighted by atomic mass is 32.1. The molecule has 2 N–H and O–H groups in total. The Morgan fingerprint density at radius 2 is 2.21 bits per heavy atom. The molecule has 0 aliphatic carbocycles. The zero-order chi connectivity index (χ0) is 14.2. The van der Waals surface area contributed by atoms with E-state index in [1.807, 2.05) is 0 Å². The van der Waals surface area contributed by atoms with Crippen molar-refractivity contribution < 1.29 is 9.59 Å². The van der Waals surface area contributed by atoms with E-state index in [1.165, 1.54) is 4.90 Å². The molecular formula is C13H15N3O2S. The van der Waals surface area contributed by atoms with E-state index in [9.17, 15) is 9.59 Å². The molecule has 2 rings (SSSR count). The molecule has 1 aliphatic heterocycles. The molecule has 1 fully saturated rings. The molecular weight excluding hydrogens is 262 g/mol. The third-order valence-corrected chi connectivity index (χ3v) is 3.36. The third kappa shape index (κ3) is 2.49. The Bertz CT molecular complexity index is 569. The summed E-state index contributed by atoms with van der Waals surface area (Å²) >= 11 is 4.92. The lowest BCUT2D eigenvalue weighted by Crippen LogP contribution is -2.33. The van der Waals surface area contributed by atoms with Crippen molar-refractivity contribution in [2.24, 2.45) is 11.1 Å². The first-order chi connectivity index (χ1) is 8.83. The number of carbonyl (C=O) groups is 2. The second kappa shape index (κ2) is 4.70. The predicted octanol–water partition coefficient (Wildman–Crippen LogP) is 1.00. The summed E-state index contributed by atoms with van der Waals surface area (Å²) in [4.78, 5) is 29.6. The lowest BCUT2D eigenvalue weighted by Gasteiger charge is -2.18. The van der Waals surface area contributed by atoms with Crippen LogP contribution in [0.3, 0.4) is 0 Å². The number of hydrogen-bond donors (Lipinski definition) is 1. The highest BCUT2D eigenvalue weighted by Gasteiger charge is 2.44. The molecule has 19 heavy (non-hydrogen) atoms. The van der Waals surface area contributed by atoms with Crippen LogP contribution in [0, 0.1) is 5.41 Å². The van der Waals surface area contributed by atoms with E-state index in [1.54, 1.807) is 32.2 Å². The molecule has 6 heteroatoms. The minimum atomic E-state index is -0.636. The van der Waals surface area contributed by atoms with Crippen LogP contribution in [0.5, 0.6) is 0 Å². The predicted molar refractivity (Wildman–Crippen MR) is 74.1 cm³/mol. The molecule has 0 unspecified atom stereocenters. The summed E-state index contributed by atoms with van der Waals surface area (Å²) in [5.74, 6) is -0.344. The molecule has 1 saturated heterocycles. The average Bonchev–Trinajstić information content (AvgIpc) is 2.52. The number of imide groups is 1. The number of thiocarbonyl (C=S) groups is 1. The summed E-state index contributed by atoms with van der Waals surface area (Å²) in [6.07, 6.45) is 1.81. The number of carbonyl (C=O) groups excluding carboxylic acids is 2. The molecule has 0 radical (unpaired) electrons. The summed E-state index contributed by atoms with van der Waals surface area (Å²) < 4.78 is 0. The molecule has 0 aromatic carbocycles. The molecule has 0 bridgehead atoms. The van der Waals surface area contributed by atoms with Crippen LogP contribution in [0.2, 0.25) is 0 Å². The summed E-state index contributed by atoms with van der Waals surface area (Å²) in [6, 6.07) is 3.50. The van der Waals surface area contributed by atoms with Crippen LogP contribution in [-0.2, 0) is 16.1 Å². The fraction of sp³-hybridized carbons (Fsp3) is 0.385. The highest BCUT2D eigenvalue weighted by molar-refractivity contribution is 7.80. The topological polar surface area (TPSA) is 76.3 Å². The molecule has 5 nitrogen and oxygen atoms in total. The van der Waals surface area contributed by atoms with Crippen LogP contribution in [0.15, 0.2) is 18.3 Å². The van der Waals surface area contributed by atoms with Gasteiger partial charge >= 0.3 is 0 Å². The van der Waals surface area contributed by atoms with Gasteiger partial charge in [-0.05, 0) is 6.07 Å². The molecule has 0 spiro atoms. The Balaban J connectivity index is 2.30. The summed E-state index contributed by atoms with van der Waals surface area (Å²) in [5.41, 5.74) is 6.11. The SMILES string of the molecule is CC1(C)CC(=O)N(Cc2cccnc2C(N)=S)C1=O. The van der Waals surface area contributed by atoms with Gasteiger partial charge in [0, 0.05) is 18.2 Å². The van der Waals surface area contributed by atoms with E-state index in [4.69, 9.17) is 18.0 Å². The lowest BCUT2D eigenvalue weighted by molar-refractivity contribution is -0.141. The first kappa shape index (κ1) is 13.6. The maximum absolute atomic E-state index is 12.1. The van der Waals surface area contributed by atoms with Gasteiger partial charge in [0.25, 0.3) is 0 Å². The van der Waals surface area contributed by atoms with Crippen molar-refractivity contribution in [3.63, 3.8) is 0 Å². The van der Waals surface area contributed by atoms with Gasteiger partial charge in [0.15, 0.2) is 0 Å². The van der Waals surface area contributed by atoms with Gasteiger partial charge in [0.1, 0.15) is 10.7 Å². The van der Waals surface area contributed by atoms with Gasteiger partial charge in [-0.25, -0.2) is 0 Å². The van der Waals surface area contributed by atoms with Gasteiger partial charge in [-0.15, -0.1) is 0 Å². The van der Waals surface area contributed by atoms with Crippen LogP contribution in [0.25, 0.3) is 0 Å². The van der Waals surface area contributed by atoms with Crippen molar-refractivity contribution in [2.75, 3.05) is 0 Å². The second-order valence-corrected chi connectivity index (χ2v) is 5.66. The maximum atomic E-state index is 12.1. The molecule has 2 heterocycles. The number of amides is 2. The second-order valence-electron chi connectivity index (χ2n) is 5.22. The van der Waals surface area contributed by atoms with Crippen LogP contribution in [0.1, 0.15) is 31.5 Å². The summed E-state index contributed by atoms with van der Waals surface area (Å²) in [6.45, 7) is 3.71. The van der Waals surface area contributed by atoms with Gasteiger partial charge in [0.05, 0.1) is 12.0 Å². The van der Waals surface area contributed by atoms with Gasteiger partial charge in [-0.2, -0.15) is 0 Å². The number of nitrogens with two attached hydrogens (primary N) is 1. The van der Waals surface area contributed by atoms with Gasteiger partial charge in [-0.1, -0.05) is 32.1 Å². The summed E-state index contributed by atoms with van der Waals surface area (Å²) in [7, 11) is 0. The standard InChI is InChI=1S/C13H15N3O2S/c1-13(2)6-9(17)16(12(13)18)7-8-4-3-5-15-10(8)11(14)19/h3-5H,6-7H2,1-2H3,(H2,14,19). The number of aromatic nitrogens is 1. The normalized spacial score (nSPS) is 17.9. The lowest BCUT2D eigenvalue weighted by atomic mass is 9.92. The number of likely N-dealkylation sites (tertiary alicyclic amines) is 1. The highest BCUT2D eigenvalue weighted by Crippen LogP contribution is 2.32. The van der Waals surface area contributed by atoms with E-state index < -0.39 is 5.41 Å². The van der Waals surface area contributed by atoms with Crippen molar-refractivity contribution in [3.8, 4) is 0 Å². The molecule has 1 aromatic rings. The molecule has 0 atom stereocenters. The fourth-order valence-corrected chi connectivity index (χ4v) is 2.33. The largest absolute Gasteiger partial charge is 0.388 e. The van der Waals surface area contributed by atoms with E-state index in [-0.39, 0.29) is 29.8 Å². The quantitative estimate of drug-likeness (QED) is 0.659. The molecule has 1 aromatic heterocycles. The Morgan fingerprint density at radius 1 is 1.53 bits per heavy atom. The molecule has 0 saturated carbocycles. The third-order valence-electron chi connectivity index (χ3n) is 3.17. The fourth-order valence-electron chi connectivity index (χ4n) is 2.15. The number of hydrogen-bond acceptors (Lipinski definition) is 4. The van der Waals surface area contributed by atoms with Crippen molar-refractivity contribution >= 4 is 29.0 Å². The number of pyridine rings is 1. The Labute approximate surface area is 116 Å². The molecule has 2 amide bonds. The smallest absolute Gasteiger partial charge is 0.235 e. The van der Waals surface area contributed by atoms with Gasteiger partial charge in [-0.3, -0.25) is 19.5 Å². The van der Waals surface area contributed by atoms with Crippen LogP contribution >= 0.6 is 12.2 Å². The zero-order valence-electron chi connectivity index (χ0n) is 10.8. The van der Waals surface area contributed by atoms with Crippen molar-refractivity contribution in [1.29, 1.82) is 0 Å². The van der Waals surface area contributed by atoms with E-state index in [2.05, 4.69) is 4.98 Å². The van der Waals surface area contributed by atoms with Gasteiger partial charge < -0.3 is 5.73 Å². The summed E-state index contributed by atoms with van der Waals surface area (Å²) in [5, 5.41) is 0. The van der Waals surface area contributed by atoms with Crippen molar-refractivity contribution in [2.45, 2.75) is 26.8 Å². The van der Waals surface area contributed by atoms with Crippen LogP contribution in [0.4, 0.5) is 0 Å². The zero-order valence-corrected chi connectivity index (χ0v) is 11.7. The van der Waals surface area contributed by atoms with Crippen molar-refractivity contribution in [1.82, 2.24) is 9.88 Å². The Morgan fingerprint density at radius 3 is 2.74 bits per heavy atom. The first-order valence-electron chi connectivity index (χ1n) is 5.91. The van der Waals surface area contributed by atoms with Gasteiger partial charge in [0.2, 0.25) is 11.8 Å².